The van der Waals surface area contributed by atoms with Gasteiger partial charge in [-0.15, -0.1) is 0 Å². The molecule has 0 aliphatic heterocycles. The SMILES string of the molecule is CNc1nc(-c2ccc(N)c(F)c2)cc2c(OC)cccc12. The molecule has 0 saturated carbocycles. The molecule has 0 unspecified atom stereocenters. The van der Waals surface area contributed by atoms with E-state index in [-0.39, 0.29) is 5.69 Å². The fourth-order valence-corrected chi connectivity index (χ4v) is 2.45. The number of anilines is 2. The Morgan fingerprint density at radius 2 is 1.95 bits per heavy atom. The van der Waals surface area contributed by atoms with E-state index >= 15 is 0 Å². The van der Waals surface area contributed by atoms with Crippen LogP contribution >= 0.6 is 0 Å². The molecule has 0 amide bonds. The largest absolute Gasteiger partial charge is 0.496 e. The third kappa shape index (κ3) is 2.30. The smallest absolute Gasteiger partial charge is 0.146 e. The molecule has 22 heavy (non-hydrogen) atoms. The number of methoxy groups -OCH3 is 1. The fourth-order valence-electron chi connectivity index (χ4n) is 2.45. The van der Waals surface area contributed by atoms with Crippen LogP contribution in [0.3, 0.4) is 0 Å². The van der Waals surface area contributed by atoms with Gasteiger partial charge in [0.15, 0.2) is 0 Å². The highest BCUT2D eigenvalue weighted by Crippen LogP contribution is 2.33. The van der Waals surface area contributed by atoms with Gasteiger partial charge >= 0.3 is 0 Å². The van der Waals surface area contributed by atoms with Gasteiger partial charge in [0.2, 0.25) is 0 Å². The second-order valence-corrected chi connectivity index (χ2v) is 4.90. The van der Waals surface area contributed by atoms with Gasteiger partial charge in [-0.3, -0.25) is 0 Å². The molecule has 0 atom stereocenters. The van der Waals surface area contributed by atoms with Gasteiger partial charge in [0, 0.05) is 23.4 Å². The van der Waals surface area contributed by atoms with Crippen LogP contribution in [0.25, 0.3) is 22.0 Å². The Morgan fingerprint density at radius 1 is 1.14 bits per heavy atom. The van der Waals surface area contributed by atoms with Crippen molar-refractivity contribution in [2.45, 2.75) is 0 Å². The molecule has 3 aromatic rings. The zero-order chi connectivity index (χ0) is 15.7. The van der Waals surface area contributed by atoms with Crippen molar-refractivity contribution in [3.05, 3.63) is 48.3 Å². The number of hydrogen-bond acceptors (Lipinski definition) is 4. The van der Waals surface area contributed by atoms with Crippen LogP contribution in [-0.2, 0) is 0 Å². The van der Waals surface area contributed by atoms with Crippen LogP contribution in [0.1, 0.15) is 0 Å². The number of pyridine rings is 1. The van der Waals surface area contributed by atoms with Crippen molar-refractivity contribution in [1.82, 2.24) is 4.98 Å². The van der Waals surface area contributed by atoms with Gasteiger partial charge < -0.3 is 15.8 Å². The molecule has 112 valence electrons. The van der Waals surface area contributed by atoms with Crippen molar-refractivity contribution in [2.24, 2.45) is 0 Å². The number of halogens is 1. The lowest BCUT2D eigenvalue weighted by Gasteiger charge is -2.12. The third-order valence-corrected chi connectivity index (χ3v) is 3.59. The third-order valence-electron chi connectivity index (χ3n) is 3.59. The molecule has 0 bridgehead atoms. The molecular weight excluding hydrogens is 281 g/mol. The van der Waals surface area contributed by atoms with Gasteiger partial charge in [0.25, 0.3) is 0 Å². The molecule has 2 aromatic carbocycles. The average molecular weight is 297 g/mol. The molecule has 0 aliphatic rings. The Bertz CT molecular complexity index is 849. The molecule has 0 saturated heterocycles. The van der Waals surface area contributed by atoms with Crippen molar-refractivity contribution in [1.29, 1.82) is 0 Å². The molecule has 4 nitrogen and oxygen atoms in total. The molecule has 3 N–H and O–H groups in total. The van der Waals surface area contributed by atoms with Crippen LogP contribution in [0.5, 0.6) is 5.75 Å². The van der Waals surface area contributed by atoms with E-state index < -0.39 is 5.82 Å². The van der Waals surface area contributed by atoms with E-state index in [1.54, 1.807) is 20.2 Å². The van der Waals surface area contributed by atoms with Crippen LogP contribution < -0.4 is 15.8 Å². The number of nitrogens with two attached hydrogens (primary N) is 1. The number of rotatable bonds is 3. The first-order chi connectivity index (χ1) is 10.6. The maximum Gasteiger partial charge on any atom is 0.146 e. The summed E-state index contributed by atoms with van der Waals surface area (Å²) in [7, 11) is 3.42. The molecular formula is C17H16FN3O. The summed E-state index contributed by atoms with van der Waals surface area (Å²) in [6, 6.07) is 12.3. The zero-order valence-electron chi connectivity index (χ0n) is 12.4. The molecule has 0 radical (unpaired) electrons. The number of fused-ring (bicyclic) bond motifs is 1. The minimum absolute atomic E-state index is 0.121. The van der Waals surface area contributed by atoms with E-state index in [1.807, 2.05) is 24.3 Å². The zero-order valence-corrected chi connectivity index (χ0v) is 12.4. The molecule has 3 rings (SSSR count). The summed E-state index contributed by atoms with van der Waals surface area (Å²) in [5.74, 6) is 1.00. The number of nitrogens with one attached hydrogen (secondary N) is 1. The minimum atomic E-state index is -0.453. The Kier molecular flexibility index (Phi) is 3.55. The molecule has 0 fully saturated rings. The summed E-state index contributed by atoms with van der Waals surface area (Å²) < 4.78 is 19.1. The van der Waals surface area contributed by atoms with Gasteiger partial charge in [-0.1, -0.05) is 18.2 Å². The van der Waals surface area contributed by atoms with Gasteiger partial charge in [-0.2, -0.15) is 0 Å². The topological polar surface area (TPSA) is 60.2 Å². The van der Waals surface area contributed by atoms with E-state index in [4.69, 9.17) is 10.5 Å². The quantitative estimate of drug-likeness (QED) is 0.724. The van der Waals surface area contributed by atoms with Crippen molar-refractivity contribution in [3.8, 4) is 17.0 Å². The maximum absolute atomic E-state index is 13.7. The van der Waals surface area contributed by atoms with Gasteiger partial charge in [-0.25, -0.2) is 9.37 Å². The van der Waals surface area contributed by atoms with Crippen molar-refractivity contribution >= 4 is 22.3 Å². The molecule has 0 spiro atoms. The predicted octanol–water partition coefficient (Wildman–Crippen LogP) is 3.67. The first-order valence-corrected chi connectivity index (χ1v) is 6.85. The predicted molar refractivity (Wildman–Crippen MR) is 87.6 cm³/mol. The Labute approximate surface area is 127 Å². The van der Waals surface area contributed by atoms with Crippen LogP contribution in [0.15, 0.2) is 42.5 Å². The molecule has 5 heteroatoms. The summed E-state index contributed by atoms with van der Waals surface area (Å²) >= 11 is 0. The van der Waals surface area contributed by atoms with Crippen LogP contribution in [-0.4, -0.2) is 19.1 Å². The Balaban J connectivity index is 2.28. The highest BCUT2D eigenvalue weighted by Gasteiger charge is 2.11. The van der Waals surface area contributed by atoms with Crippen molar-refractivity contribution in [3.63, 3.8) is 0 Å². The highest BCUT2D eigenvalue weighted by atomic mass is 19.1. The maximum atomic E-state index is 13.7. The molecule has 1 heterocycles. The lowest BCUT2D eigenvalue weighted by Crippen LogP contribution is -1.98. The molecule has 0 aliphatic carbocycles. The summed E-state index contributed by atoms with van der Waals surface area (Å²) in [4.78, 5) is 4.56. The van der Waals surface area contributed by atoms with Gasteiger partial charge in [0.1, 0.15) is 17.4 Å². The van der Waals surface area contributed by atoms with E-state index in [1.165, 1.54) is 12.1 Å². The number of benzene rings is 2. The first-order valence-electron chi connectivity index (χ1n) is 6.85. The van der Waals surface area contributed by atoms with E-state index in [0.717, 1.165) is 16.5 Å². The lowest BCUT2D eigenvalue weighted by atomic mass is 10.1. The monoisotopic (exact) mass is 297 g/mol. The van der Waals surface area contributed by atoms with Gasteiger partial charge in [-0.05, 0) is 24.3 Å². The summed E-state index contributed by atoms with van der Waals surface area (Å²) in [6.07, 6.45) is 0. The fraction of sp³-hybridized carbons (Fsp3) is 0.118. The standard InChI is InChI=1S/C17H16FN3O/c1-20-17-11-4-3-5-16(22-2)12(11)9-15(21-17)10-6-7-14(19)13(18)8-10/h3-9H,19H2,1-2H3,(H,20,21). The average Bonchev–Trinajstić information content (AvgIpc) is 2.55. The van der Waals surface area contributed by atoms with E-state index in [9.17, 15) is 4.39 Å². The number of hydrogen-bond donors (Lipinski definition) is 2. The Morgan fingerprint density at radius 3 is 2.64 bits per heavy atom. The number of ether oxygens (including phenoxy) is 1. The number of aromatic nitrogens is 1. The van der Waals surface area contributed by atoms with Gasteiger partial charge in [0.05, 0.1) is 18.5 Å². The number of nitrogens with zero attached hydrogens (tertiary/aromatic N) is 1. The minimum Gasteiger partial charge on any atom is -0.496 e. The second kappa shape index (κ2) is 5.52. The first kappa shape index (κ1) is 14.1. The second-order valence-electron chi connectivity index (χ2n) is 4.90. The summed E-state index contributed by atoms with van der Waals surface area (Å²) in [5.41, 5.74) is 6.97. The highest BCUT2D eigenvalue weighted by molar-refractivity contribution is 5.98. The van der Waals surface area contributed by atoms with Crippen molar-refractivity contribution in [2.75, 3.05) is 25.2 Å². The summed E-state index contributed by atoms with van der Waals surface area (Å²) in [6.45, 7) is 0. The normalized spacial score (nSPS) is 10.7. The summed E-state index contributed by atoms with van der Waals surface area (Å²) in [5, 5.41) is 4.93. The van der Waals surface area contributed by atoms with E-state index in [2.05, 4.69) is 10.3 Å². The molecule has 1 aromatic heterocycles. The van der Waals surface area contributed by atoms with Crippen LogP contribution in [0, 0.1) is 5.82 Å². The van der Waals surface area contributed by atoms with Crippen LogP contribution in [0.4, 0.5) is 15.9 Å². The van der Waals surface area contributed by atoms with Crippen LogP contribution in [0.2, 0.25) is 0 Å². The van der Waals surface area contributed by atoms with Crippen molar-refractivity contribution < 1.29 is 9.13 Å². The Hall–Kier alpha value is -2.82. The lowest BCUT2D eigenvalue weighted by molar-refractivity contribution is 0.420. The number of nitrogen functional groups attached to an aromatic ring is 1. The van der Waals surface area contributed by atoms with E-state index in [0.29, 0.717) is 17.1 Å².